The number of oxime groups is 1. The van der Waals surface area contributed by atoms with E-state index in [9.17, 15) is 9.18 Å². The molecule has 2 aliphatic rings. The number of carbonyl (C=O) groups is 1. The number of amides is 1. The van der Waals surface area contributed by atoms with Gasteiger partial charge in [0.2, 0.25) is 5.91 Å². The first kappa shape index (κ1) is 15.7. The van der Waals surface area contributed by atoms with E-state index in [4.69, 9.17) is 4.84 Å². The quantitative estimate of drug-likeness (QED) is 0.757. The van der Waals surface area contributed by atoms with Crippen LogP contribution in [0.2, 0.25) is 0 Å². The molecule has 0 aromatic heterocycles. The maximum absolute atomic E-state index is 13.0. The van der Waals surface area contributed by atoms with E-state index in [1.807, 2.05) is 4.90 Å². The number of hydrogen-bond donors (Lipinski definition) is 0. The topological polar surface area (TPSA) is 41.9 Å². The predicted molar refractivity (Wildman–Crippen MR) is 86.5 cm³/mol. The Kier molecular flexibility index (Phi) is 4.74. The third-order valence-electron chi connectivity index (χ3n) is 4.45. The molecule has 1 aliphatic carbocycles. The molecule has 0 radical (unpaired) electrons. The lowest BCUT2D eigenvalue weighted by molar-refractivity contribution is -0.139. The average molecular weight is 316 g/mol. The van der Waals surface area contributed by atoms with Crippen LogP contribution in [0.25, 0.3) is 0 Å². The van der Waals surface area contributed by atoms with E-state index < -0.39 is 0 Å². The zero-order chi connectivity index (χ0) is 16.2. The lowest BCUT2D eigenvalue weighted by Gasteiger charge is -2.32. The summed E-state index contributed by atoms with van der Waals surface area (Å²) in [5.41, 5.74) is 1.65. The number of nitrogens with zero attached hydrogens (tertiary/aromatic N) is 2. The summed E-state index contributed by atoms with van der Waals surface area (Å²) >= 11 is 0. The summed E-state index contributed by atoms with van der Waals surface area (Å²) in [7, 11) is 0. The second-order valence-corrected chi connectivity index (χ2v) is 6.14. The summed E-state index contributed by atoms with van der Waals surface area (Å²) < 4.78 is 13.0. The van der Waals surface area contributed by atoms with E-state index in [0.717, 1.165) is 30.5 Å². The van der Waals surface area contributed by atoms with Crippen molar-refractivity contribution in [1.29, 1.82) is 0 Å². The van der Waals surface area contributed by atoms with E-state index in [2.05, 4.69) is 11.7 Å². The molecule has 1 aromatic rings. The molecule has 1 heterocycles. The average Bonchev–Trinajstić information content (AvgIpc) is 2.94. The van der Waals surface area contributed by atoms with Gasteiger partial charge in [-0.2, -0.15) is 0 Å². The minimum atomic E-state index is -0.270. The molecule has 0 bridgehead atoms. The van der Waals surface area contributed by atoms with Crippen LogP contribution in [-0.4, -0.2) is 35.7 Å². The van der Waals surface area contributed by atoms with Crippen LogP contribution in [0.4, 0.5) is 4.39 Å². The second-order valence-electron chi connectivity index (χ2n) is 6.14. The molecule has 1 aromatic carbocycles. The highest BCUT2D eigenvalue weighted by Gasteiger charge is 2.32. The van der Waals surface area contributed by atoms with Gasteiger partial charge in [0.25, 0.3) is 0 Å². The van der Waals surface area contributed by atoms with Crippen LogP contribution in [0.5, 0.6) is 0 Å². The van der Waals surface area contributed by atoms with Crippen molar-refractivity contribution in [2.45, 2.75) is 31.8 Å². The van der Waals surface area contributed by atoms with Crippen molar-refractivity contribution in [3.05, 3.63) is 48.3 Å². The summed E-state index contributed by atoms with van der Waals surface area (Å²) in [4.78, 5) is 19.7. The van der Waals surface area contributed by atoms with Gasteiger partial charge >= 0.3 is 0 Å². The van der Waals surface area contributed by atoms with Crippen molar-refractivity contribution in [2.75, 3.05) is 13.1 Å². The number of halogens is 1. The molecule has 1 unspecified atom stereocenters. The van der Waals surface area contributed by atoms with Gasteiger partial charge in [-0.1, -0.05) is 29.8 Å². The molecule has 0 N–H and O–H groups in total. The third-order valence-corrected chi connectivity index (χ3v) is 4.45. The first-order valence-electron chi connectivity index (χ1n) is 8.05. The Hall–Kier alpha value is -2.17. The Morgan fingerprint density at radius 1 is 1.39 bits per heavy atom. The predicted octanol–water partition coefficient (Wildman–Crippen LogP) is 3.13. The van der Waals surface area contributed by atoms with Gasteiger partial charge in [0.05, 0.1) is 12.3 Å². The molecule has 1 amide bonds. The summed E-state index contributed by atoms with van der Waals surface area (Å²) in [6.07, 6.45) is 5.31. The van der Waals surface area contributed by atoms with Crippen LogP contribution >= 0.6 is 0 Å². The third kappa shape index (κ3) is 3.60. The molecular weight excluding hydrogens is 295 g/mol. The van der Waals surface area contributed by atoms with Gasteiger partial charge in [0, 0.05) is 18.9 Å². The lowest BCUT2D eigenvalue weighted by atomic mass is 9.84. The number of benzene rings is 1. The highest BCUT2D eigenvalue weighted by molar-refractivity contribution is 6.01. The van der Waals surface area contributed by atoms with Crippen molar-refractivity contribution in [3.8, 4) is 0 Å². The van der Waals surface area contributed by atoms with Gasteiger partial charge in [-0.05, 0) is 30.5 Å². The monoisotopic (exact) mass is 316 g/mol. The van der Waals surface area contributed by atoms with Crippen LogP contribution in [0, 0.1) is 11.7 Å². The Morgan fingerprint density at radius 3 is 2.74 bits per heavy atom. The Labute approximate surface area is 135 Å². The first-order chi connectivity index (χ1) is 11.2. The Bertz CT molecular complexity index is 608. The standard InChI is InChI=1S/C18H21FN2O2/c1-2-10-21(18(22)14-4-3-5-14)12-16-11-17(20-23-16)13-6-8-15(19)9-7-13/h2,6-9,14,16H,1,3-5,10-12H2. The lowest BCUT2D eigenvalue weighted by Crippen LogP contribution is -2.43. The first-order valence-corrected chi connectivity index (χ1v) is 8.05. The number of hydrogen-bond acceptors (Lipinski definition) is 3. The highest BCUT2D eigenvalue weighted by Crippen LogP contribution is 2.29. The molecule has 122 valence electrons. The van der Waals surface area contributed by atoms with Crippen molar-refractivity contribution in [1.82, 2.24) is 4.90 Å². The molecule has 1 aliphatic heterocycles. The van der Waals surface area contributed by atoms with Crippen molar-refractivity contribution < 1.29 is 14.0 Å². The van der Waals surface area contributed by atoms with Crippen LogP contribution in [0.15, 0.2) is 42.1 Å². The van der Waals surface area contributed by atoms with Gasteiger partial charge in [0.1, 0.15) is 5.82 Å². The largest absolute Gasteiger partial charge is 0.390 e. The summed E-state index contributed by atoms with van der Waals surface area (Å²) in [5, 5.41) is 4.10. The highest BCUT2D eigenvalue weighted by atomic mass is 19.1. The SMILES string of the molecule is C=CCN(CC1CC(c2ccc(F)cc2)=NO1)C(=O)C1CCC1. The fourth-order valence-electron chi connectivity index (χ4n) is 2.91. The van der Waals surface area contributed by atoms with Gasteiger partial charge in [-0.15, -0.1) is 6.58 Å². The minimum Gasteiger partial charge on any atom is -0.390 e. The zero-order valence-electron chi connectivity index (χ0n) is 13.1. The van der Waals surface area contributed by atoms with Crippen molar-refractivity contribution >= 4 is 11.6 Å². The summed E-state index contributed by atoms with van der Waals surface area (Å²) in [6, 6.07) is 6.21. The smallest absolute Gasteiger partial charge is 0.226 e. The molecule has 1 atom stereocenters. The minimum absolute atomic E-state index is 0.154. The van der Waals surface area contributed by atoms with E-state index >= 15 is 0 Å². The Balaban J connectivity index is 1.59. The molecule has 0 saturated heterocycles. The normalized spacial score (nSPS) is 20.4. The van der Waals surface area contributed by atoms with Crippen molar-refractivity contribution in [2.24, 2.45) is 11.1 Å². The maximum atomic E-state index is 13.0. The zero-order valence-corrected chi connectivity index (χ0v) is 13.1. The Morgan fingerprint density at radius 2 is 2.13 bits per heavy atom. The molecule has 23 heavy (non-hydrogen) atoms. The molecule has 0 spiro atoms. The van der Waals surface area contributed by atoms with Crippen LogP contribution < -0.4 is 0 Å². The van der Waals surface area contributed by atoms with Gasteiger partial charge < -0.3 is 9.74 Å². The van der Waals surface area contributed by atoms with E-state index in [-0.39, 0.29) is 23.7 Å². The molecule has 5 heteroatoms. The summed E-state index contributed by atoms with van der Waals surface area (Å²) in [6.45, 7) is 4.77. The molecule has 1 saturated carbocycles. The van der Waals surface area contributed by atoms with Crippen molar-refractivity contribution in [3.63, 3.8) is 0 Å². The second kappa shape index (κ2) is 6.94. The molecule has 4 nitrogen and oxygen atoms in total. The van der Waals surface area contributed by atoms with E-state index in [1.54, 1.807) is 18.2 Å². The van der Waals surface area contributed by atoms with E-state index in [0.29, 0.717) is 19.5 Å². The van der Waals surface area contributed by atoms with Crippen LogP contribution in [0.1, 0.15) is 31.2 Å². The van der Waals surface area contributed by atoms with Crippen LogP contribution in [0.3, 0.4) is 0 Å². The molecule has 3 rings (SSSR count). The number of carbonyl (C=O) groups excluding carboxylic acids is 1. The van der Waals surface area contributed by atoms with E-state index in [1.165, 1.54) is 12.1 Å². The fourth-order valence-corrected chi connectivity index (χ4v) is 2.91. The summed E-state index contributed by atoms with van der Waals surface area (Å²) in [5.74, 6) is 0.0805. The molecular formula is C18H21FN2O2. The molecule has 1 fully saturated rings. The van der Waals surface area contributed by atoms with Gasteiger partial charge in [-0.3, -0.25) is 4.79 Å². The fraction of sp³-hybridized carbons (Fsp3) is 0.444. The van der Waals surface area contributed by atoms with Gasteiger partial charge in [0.15, 0.2) is 6.10 Å². The van der Waals surface area contributed by atoms with Crippen LogP contribution in [-0.2, 0) is 9.63 Å². The van der Waals surface area contributed by atoms with Gasteiger partial charge in [-0.25, -0.2) is 4.39 Å². The maximum Gasteiger partial charge on any atom is 0.226 e. The number of rotatable bonds is 6.